The number of hydrogen-bond donors (Lipinski definition) is 3. The molecule has 0 saturated heterocycles. The number of ketones is 2. The summed E-state index contributed by atoms with van der Waals surface area (Å²) in [6.45, 7) is 1.18. The van der Waals surface area contributed by atoms with Crippen molar-refractivity contribution in [2.45, 2.75) is 0 Å². The summed E-state index contributed by atoms with van der Waals surface area (Å²) >= 11 is -1.56. The number of carbonyl (C=O) groups excluding carboxylic acids is 2. The number of rotatable bonds is 7. The van der Waals surface area contributed by atoms with Crippen LogP contribution in [0.3, 0.4) is 0 Å². The summed E-state index contributed by atoms with van der Waals surface area (Å²) in [5, 5.41) is 6.10. The molecule has 0 bridgehead atoms. The van der Waals surface area contributed by atoms with E-state index in [0.717, 1.165) is 0 Å². The first-order valence-corrected chi connectivity index (χ1v) is 9.06. The van der Waals surface area contributed by atoms with E-state index in [9.17, 15) is 9.59 Å². The zero-order chi connectivity index (χ0) is 20.1. The van der Waals surface area contributed by atoms with E-state index in [4.69, 9.17) is 17.2 Å². The molecular weight excluding hydrogens is 391 g/mol. The second-order valence-corrected chi connectivity index (χ2v) is 5.29. The standard InChI is InChI=1S/C18H20N2O4.H2O.O.V/c1-23-15-7-3-5-13(17(15)21)11-19-9-10-20-12-14-6-4-8-16(24-2)18(14)22;;;/h3-8,11-12,19-20H,9-10H2,1-2H3;1H2;;/q;;;+1/p-1. The molecule has 8 nitrogen and oxygen atoms in total. The molecule has 0 aromatic carbocycles. The molecule has 0 saturated carbocycles. The summed E-state index contributed by atoms with van der Waals surface area (Å²) in [5.74, 6) is 0.329. The third-order valence-corrected chi connectivity index (χ3v) is 3.39. The van der Waals surface area contributed by atoms with Crippen LogP contribution in [0.25, 0.3) is 0 Å². The van der Waals surface area contributed by atoms with Gasteiger partial charge >= 0.3 is 24.3 Å². The molecule has 0 unspecified atom stereocenters. The van der Waals surface area contributed by atoms with Gasteiger partial charge in [0.15, 0.2) is 11.5 Å². The van der Waals surface area contributed by atoms with Crippen LogP contribution < -0.4 is 10.6 Å². The molecule has 0 spiro atoms. The van der Waals surface area contributed by atoms with Gasteiger partial charge in [-0.05, 0) is 24.3 Å². The molecule has 2 aliphatic carbocycles. The van der Waals surface area contributed by atoms with Crippen molar-refractivity contribution in [2.24, 2.45) is 0 Å². The van der Waals surface area contributed by atoms with Gasteiger partial charge in [0.1, 0.15) is 0 Å². The van der Waals surface area contributed by atoms with Gasteiger partial charge in [-0.3, -0.25) is 9.59 Å². The third-order valence-electron chi connectivity index (χ3n) is 3.39. The molecular formula is C18H21N2O6V. The van der Waals surface area contributed by atoms with Crippen LogP contribution in [0, 0.1) is 0 Å². The third kappa shape index (κ3) is 7.22. The average molecular weight is 412 g/mol. The number of allylic oxidation sites excluding steroid dienone is 8. The Bertz CT molecular complexity index is 687. The molecule has 3 N–H and O–H groups in total. The Morgan fingerprint density at radius 2 is 1.30 bits per heavy atom. The van der Waals surface area contributed by atoms with Crippen LogP contribution in [0.1, 0.15) is 0 Å². The zero-order valence-corrected chi connectivity index (χ0v) is 16.4. The van der Waals surface area contributed by atoms with Crippen molar-refractivity contribution >= 4 is 11.6 Å². The number of nitrogens with one attached hydrogen (secondary N) is 2. The van der Waals surface area contributed by atoms with Crippen LogP contribution in [-0.2, 0) is 39.3 Å². The van der Waals surface area contributed by atoms with Crippen molar-refractivity contribution in [3.63, 3.8) is 0 Å². The first-order valence-electron chi connectivity index (χ1n) is 7.87. The van der Waals surface area contributed by atoms with E-state index in [2.05, 4.69) is 10.6 Å². The van der Waals surface area contributed by atoms with Crippen molar-refractivity contribution in [1.82, 2.24) is 10.6 Å². The molecule has 0 heterocycles. The molecule has 0 fully saturated rings. The molecule has 0 amide bonds. The quantitative estimate of drug-likeness (QED) is 0.411. The normalized spacial score (nSPS) is 18.3. The van der Waals surface area contributed by atoms with Gasteiger partial charge in [-0.1, -0.05) is 12.2 Å². The van der Waals surface area contributed by atoms with Gasteiger partial charge in [-0.2, -0.15) is 0 Å². The monoisotopic (exact) mass is 412 g/mol. The molecule has 0 aromatic heterocycles. The molecule has 0 aliphatic heterocycles. The van der Waals surface area contributed by atoms with Crippen LogP contribution in [0.5, 0.6) is 0 Å². The summed E-state index contributed by atoms with van der Waals surface area (Å²) in [4.78, 5) is 23.9. The van der Waals surface area contributed by atoms with Gasteiger partial charge in [0.25, 0.3) is 0 Å². The first-order chi connectivity index (χ1) is 13.1. The maximum atomic E-state index is 11.9. The Kier molecular flexibility index (Phi) is 10.5. The van der Waals surface area contributed by atoms with Crippen LogP contribution in [0.2, 0.25) is 0 Å². The topological polar surface area (TPSA) is 114 Å². The van der Waals surface area contributed by atoms with Crippen molar-refractivity contribution in [1.29, 1.82) is 0 Å². The predicted molar refractivity (Wildman–Crippen MR) is 93.6 cm³/mol. The Morgan fingerprint density at radius 3 is 1.63 bits per heavy atom. The summed E-state index contributed by atoms with van der Waals surface area (Å²) in [6, 6.07) is 0. The van der Waals surface area contributed by atoms with Gasteiger partial charge < -0.3 is 20.1 Å². The average Bonchev–Trinajstić information content (AvgIpc) is 2.67. The maximum absolute atomic E-state index is 11.9. The van der Waals surface area contributed by atoms with Gasteiger partial charge in [0.2, 0.25) is 11.6 Å². The van der Waals surface area contributed by atoms with Crippen LogP contribution in [0.4, 0.5) is 0 Å². The Balaban J connectivity index is 0.00000114. The zero-order valence-electron chi connectivity index (χ0n) is 15.0. The first kappa shape index (κ1) is 22.4. The Hall–Kier alpha value is -2.68. The van der Waals surface area contributed by atoms with Crippen LogP contribution in [0.15, 0.2) is 71.5 Å². The number of ether oxygens (including phenoxy) is 2. The van der Waals surface area contributed by atoms with Crippen molar-refractivity contribution < 1.29 is 43.4 Å². The fourth-order valence-corrected chi connectivity index (χ4v) is 2.12. The van der Waals surface area contributed by atoms with E-state index in [1.54, 1.807) is 48.9 Å². The summed E-state index contributed by atoms with van der Waals surface area (Å²) in [7, 11) is 2.94. The molecule has 27 heavy (non-hydrogen) atoms. The van der Waals surface area contributed by atoms with Gasteiger partial charge in [-0.25, -0.2) is 0 Å². The molecule has 0 aromatic rings. The molecule has 2 aliphatic rings. The minimum absolute atomic E-state index is 0.153. The Labute approximate surface area is 164 Å². The SMILES string of the molecule is COC1=CC=CC(=CNCCNC=C2C=CC=C(OC)C2=O)C1=O.[O]=[V][OH]. The predicted octanol–water partition coefficient (Wildman–Crippen LogP) is 0.593. The van der Waals surface area contributed by atoms with E-state index in [0.29, 0.717) is 35.8 Å². The molecule has 9 heteroatoms. The minimum atomic E-state index is -1.56. The molecule has 0 atom stereocenters. The Morgan fingerprint density at radius 1 is 0.926 bits per heavy atom. The van der Waals surface area contributed by atoms with Gasteiger partial charge in [0, 0.05) is 36.6 Å². The van der Waals surface area contributed by atoms with Gasteiger partial charge in [0.05, 0.1) is 14.2 Å². The van der Waals surface area contributed by atoms with Crippen LogP contribution in [-0.4, -0.2) is 42.9 Å². The molecule has 2 rings (SSSR count). The number of hydrogen-bond acceptors (Lipinski definition) is 7. The fraction of sp³-hybridized carbons (Fsp3) is 0.222. The van der Waals surface area contributed by atoms with E-state index in [-0.39, 0.29) is 11.6 Å². The summed E-state index contributed by atoms with van der Waals surface area (Å²) in [6.07, 6.45) is 13.5. The molecule has 0 radical (unpaired) electrons. The molecule has 144 valence electrons. The fourth-order valence-electron chi connectivity index (χ4n) is 2.12. The second kappa shape index (κ2) is 12.6. The second-order valence-electron chi connectivity index (χ2n) is 5.04. The summed E-state index contributed by atoms with van der Waals surface area (Å²) < 4.78 is 25.7. The van der Waals surface area contributed by atoms with E-state index >= 15 is 0 Å². The van der Waals surface area contributed by atoms with Crippen LogP contribution >= 0.6 is 0 Å². The number of methoxy groups -OCH3 is 2. The number of carbonyl (C=O) groups is 2. The van der Waals surface area contributed by atoms with E-state index < -0.39 is 16.6 Å². The van der Waals surface area contributed by atoms with E-state index in [1.165, 1.54) is 14.2 Å². The van der Waals surface area contributed by atoms with Crippen molar-refractivity contribution in [3.05, 3.63) is 71.5 Å². The van der Waals surface area contributed by atoms with Crippen molar-refractivity contribution in [2.75, 3.05) is 27.3 Å². The van der Waals surface area contributed by atoms with E-state index in [1.807, 2.05) is 0 Å². The number of Topliss-reactive ketones (excluding diaryl/α,β-unsaturated/α-hetero) is 2. The summed E-state index contributed by atoms with van der Waals surface area (Å²) in [5.41, 5.74) is 1.07. The van der Waals surface area contributed by atoms with Crippen molar-refractivity contribution in [3.8, 4) is 0 Å². The van der Waals surface area contributed by atoms with Gasteiger partial charge in [-0.15, -0.1) is 0 Å².